The second-order valence-corrected chi connectivity index (χ2v) is 6.60. The fraction of sp³-hybridized carbons (Fsp3) is 0.400. The molecule has 3 rings (SSSR count). The molecule has 1 N–H and O–H groups in total. The van der Waals surface area contributed by atoms with Crippen LogP contribution in [0.1, 0.15) is 37.1 Å². The lowest BCUT2D eigenvalue weighted by Gasteiger charge is -2.13. The number of benzene rings is 1. The SMILES string of the molecule is C[C@H](CCn1cccn1)NC(=O)CCc1nnc(CCc2ccccc2)o1. The topological polar surface area (TPSA) is 85.8 Å². The van der Waals surface area contributed by atoms with Gasteiger partial charge in [-0.1, -0.05) is 30.3 Å². The maximum atomic E-state index is 12.1. The molecule has 1 aromatic carbocycles. The van der Waals surface area contributed by atoms with Crippen molar-refractivity contribution in [2.24, 2.45) is 0 Å². The molecule has 0 saturated heterocycles. The molecule has 1 amide bonds. The minimum absolute atomic E-state index is 0.00741. The number of aryl methyl sites for hydroxylation is 4. The molecule has 0 bridgehead atoms. The molecule has 0 aliphatic carbocycles. The molecule has 0 aliphatic heterocycles. The average molecular weight is 367 g/mol. The third-order valence-electron chi connectivity index (χ3n) is 4.30. The van der Waals surface area contributed by atoms with Gasteiger partial charge in [0.15, 0.2) is 0 Å². The average Bonchev–Trinajstić information content (AvgIpc) is 3.36. The Bertz CT molecular complexity index is 814. The molecule has 7 heteroatoms. The molecule has 0 saturated carbocycles. The van der Waals surface area contributed by atoms with Crippen molar-refractivity contribution < 1.29 is 9.21 Å². The quantitative estimate of drug-likeness (QED) is 0.595. The predicted octanol–water partition coefficient (Wildman–Crippen LogP) is 2.58. The highest BCUT2D eigenvalue weighted by molar-refractivity contribution is 5.76. The van der Waals surface area contributed by atoms with Crippen molar-refractivity contribution in [3.63, 3.8) is 0 Å². The van der Waals surface area contributed by atoms with Gasteiger partial charge in [-0.25, -0.2) is 0 Å². The number of nitrogens with zero attached hydrogens (tertiary/aromatic N) is 4. The van der Waals surface area contributed by atoms with Crippen LogP contribution in [0, 0.1) is 0 Å². The summed E-state index contributed by atoms with van der Waals surface area (Å²) >= 11 is 0. The Hall–Kier alpha value is -2.96. The highest BCUT2D eigenvalue weighted by atomic mass is 16.4. The summed E-state index contributed by atoms with van der Waals surface area (Å²) in [4.78, 5) is 12.1. The molecule has 1 atom stereocenters. The zero-order chi connectivity index (χ0) is 18.9. The maximum Gasteiger partial charge on any atom is 0.220 e. The molecule has 2 aromatic heterocycles. The van der Waals surface area contributed by atoms with Gasteiger partial charge in [-0.2, -0.15) is 5.10 Å². The van der Waals surface area contributed by atoms with E-state index in [4.69, 9.17) is 4.42 Å². The van der Waals surface area contributed by atoms with Crippen molar-refractivity contribution in [2.45, 2.75) is 51.6 Å². The third kappa shape index (κ3) is 6.36. The largest absolute Gasteiger partial charge is 0.425 e. The van der Waals surface area contributed by atoms with E-state index in [2.05, 4.69) is 32.7 Å². The summed E-state index contributed by atoms with van der Waals surface area (Å²) in [5, 5.41) is 15.3. The number of carbonyl (C=O) groups excluding carboxylic acids is 1. The second kappa shape index (κ2) is 9.66. The van der Waals surface area contributed by atoms with Crippen molar-refractivity contribution in [1.29, 1.82) is 0 Å². The maximum absolute atomic E-state index is 12.1. The lowest BCUT2D eigenvalue weighted by atomic mass is 10.1. The van der Waals surface area contributed by atoms with E-state index in [0.717, 1.165) is 19.4 Å². The Morgan fingerprint density at radius 3 is 2.63 bits per heavy atom. The summed E-state index contributed by atoms with van der Waals surface area (Å²) < 4.78 is 7.50. The van der Waals surface area contributed by atoms with Crippen LogP contribution in [-0.4, -0.2) is 31.9 Å². The van der Waals surface area contributed by atoms with Gasteiger partial charge in [0, 0.05) is 44.2 Å². The second-order valence-electron chi connectivity index (χ2n) is 6.60. The number of nitrogens with one attached hydrogen (secondary N) is 1. The van der Waals surface area contributed by atoms with E-state index in [-0.39, 0.29) is 11.9 Å². The number of hydrogen-bond donors (Lipinski definition) is 1. The zero-order valence-corrected chi connectivity index (χ0v) is 15.5. The Morgan fingerprint density at radius 2 is 1.89 bits per heavy atom. The fourth-order valence-electron chi connectivity index (χ4n) is 2.78. The van der Waals surface area contributed by atoms with Crippen LogP contribution in [0.3, 0.4) is 0 Å². The van der Waals surface area contributed by atoms with E-state index in [1.165, 1.54) is 5.56 Å². The summed E-state index contributed by atoms with van der Waals surface area (Å²) in [5.41, 5.74) is 1.24. The van der Waals surface area contributed by atoms with E-state index in [0.29, 0.717) is 31.0 Å². The molecule has 27 heavy (non-hydrogen) atoms. The van der Waals surface area contributed by atoms with Crippen molar-refractivity contribution in [3.05, 3.63) is 66.1 Å². The van der Waals surface area contributed by atoms with Crippen LogP contribution in [0.15, 0.2) is 53.2 Å². The molecule has 3 aromatic rings. The van der Waals surface area contributed by atoms with Crippen molar-refractivity contribution in [1.82, 2.24) is 25.3 Å². The van der Waals surface area contributed by atoms with E-state index in [1.54, 1.807) is 6.20 Å². The number of aromatic nitrogens is 4. The van der Waals surface area contributed by atoms with Crippen LogP contribution in [0.25, 0.3) is 0 Å². The minimum Gasteiger partial charge on any atom is -0.425 e. The summed E-state index contributed by atoms with van der Waals surface area (Å²) in [6, 6.07) is 12.2. The van der Waals surface area contributed by atoms with E-state index >= 15 is 0 Å². The molecule has 0 spiro atoms. The summed E-state index contributed by atoms with van der Waals surface area (Å²) in [6.45, 7) is 2.78. The van der Waals surface area contributed by atoms with E-state index in [1.807, 2.05) is 42.1 Å². The Labute approximate surface area is 158 Å². The first-order valence-corrected chi connectivity index (χ1v) is 9.31. The van der Waals surface area contributed by atoms with Crippen LogP contribution >= 0.6 is 0 Å². The van der Waals surface area contributed by atoms with Gasteiger partial charge < -0.3 is 9.73 Å². The minimum atomic E-state index is -0.00741. The van der Waals surface area contributed by atoms with Gasteiger partial charge in [-0.3, -0.25) is 9.48 Å². The van der Waals surface area contributed by atoms with Crippen LogP contribution in [0.5, 0.6) is 0 Å². The van der Waals surface area contributed by atoms with Gasteiger partial charge in [0.1, 0.15) is 0 Å². The molecule has 0 radical (unpaired) electrons. The van der Waals surface area contributed by atoms with Crippen LogP contribution in [0.2, 0.25) is 0 Å². The number of rotatable bonds is 10. The smallest absolute Gasteiger partial charge is 0.220 e. The van der Waals surface area contributed by atoms with Crippen LogP contribution in [0.4, 0.5) is 0 Å². The van der Waals surface area contributed by atoms with Crippen molar-refractivity contribution >= 4 is 5.91 Å². The van der Waals surface area contributed by atoms with Crippen molar-refractivity contribution in [2.75, 3.05) is 0 Å². The molecule has 0 unspecified atom stereocenters. The highest BCUT2D eigenvalue weighted by Crippen LogP contribution is 2.08. The van der Waals surface area contributed by atoms with Gasteiger partial charge in [-0.15, -0.1) is 10.2 Å². The Kier molecular flexibility index (Phi) is 6.73. The first-order valence-electron chi connectivity index (χ1n) is 9.31. The zero-order valence-electron chi connectivity index (χ0n) is 15.5. The molecular formula is C20H25N5O2. The van der Waals surface area contributed by atoms with Gasteiger partial charge in [0.2, 0.25) is 17.7 Å². The first-order chi connectivity index (χ1) is 13.2. The van der Waals surface area contributed by atoms with Crippen LogP contribution in [-0.2, 0) is 30.6 Å². The third-order valence-corrected chi connectivity index (χ3v) is 4.30. The van der Waals surface area contributed by atoms with Crippen molar-refractivity contribution in [3.8, 4) is 0 Å². The fourth-order valence-corrected chi connectivity index (χ4v) is 2.78. The Balaban J connectivity index is 1.35. The van der Waals surface area contributed by atoms with Gasteiger partial charge in [-0.05, 0) is 31.4 Å². The lowest BCUT2D eigenvalue weighted by Crippen LogP contribution is -2.33. The highest BCUT2D eigenvalue weighted by Gasteiger charge is 2.11. The van der Waals surface area contributed by atoms with Gasteiger partial charge >= 0.3 is 0 Å². The standard InChI is InChI=1S/C20H25N5O2/c1-16(12-15-25-14-5-13-21-25)22-18(26)9-11-20-24-23-19(27-20)10-8-17-6-3-2-4-7-17/h2-7,13-14,16H,8-12,15H2,1H3,(H,22,26)/t16-/m1/s1. The Morgan fingerprint density at radius 1 is 1.11 bits per heavy atom. The summed E-state index contributed by atoms with van der Waals surface area (Å²) in [7, 11) is 0. The normalized spacial score (nSPS) is 12.0. The number of carbonyl (C=O) groups is 1. The van der Waals surface area contributed by atoms with Gasteiger partial charge in [0.25, 0.3) is 0 Å². The summed E-state index contributed by atoms with van der Waals surface area (Å²) in [5.74, 6) is 1.12. The number of amides is 1. The number of hydrogen-bond acceptors (Lipinski definition) is 5. The van der Waals surface area contributed by atoms with E-state index in [9.17, 15) is 4.79 Å². The molecule has 142 valence electrons. The van der Waals surface area contributed by atoms with Crippen LogP contribution < -0.4 is 5.32 Å². The molecule has 0 aliphatic rings. The monoisotopic (exact) mass is 367 g/mol. The molecule has 0 fully saturated rings. The first kappa shape index (κ1) is 18.8. The molecular weight excluding hydrogens is 342 g/mol. The van der Waals surface area contributed by atoms with E-state index < -0.39 is 0 Å². The molecule has 7 nitrogen and oxygen atoms in total. The summed E-state index contributed by atoms with van der Waals surface area (Å²) in [6.07, 6.45) is 6.85. The predicted molar refractivity (Wildman–Crippen MR) is 101 cm³/mol. The van der Waals surface area contributed by atoms with Gasteiger partial charge in [0.05, 0.1) is 0 Å². The molecule has 2 heterocycles. The lowest BCUT2D eigenvalue weighted by molar-refractivity contribution is -0.121.